The van der Waals surface area contributed by atoms with Crippen molar-refractivity contribution >= 4 is 23.2 Å². The summed E-state index contributed by atoms with van der Waals surface area (Å²) in [6.07, 6.45) is 0.465. The summed E-state index contributed by atoms with van der Waals surface area (Å²) in [5.41, 5.74) is 2.08. The SMILES string of the molecule is CCN(CCC(=O)NCc1ccccc1Cl)c1ccccc1. The standard InChI is InChI=1S/C18H21ClN2O/c1-2-21(16-9-4-3-5-10-16)13-12-18(22)20-14-15-8-6-7-11-17(15)19/h3-11H,2,12-14H2,1H3,(H,20,22). The maximum Gasteiger partial charge on any atom is 0.222 e. The number of amides is 1. The average molecular weight is 317 g/mol. The van der Waals surface area contributed by atoms with Gasteiger partial charge in [-0.15, -0.1) is 0 Å². The summed E-state index contributed by atoms with van der Waals surface area (Å²) in [4.78, 5) is 14.2. The van der Waals surface area contributed by atoms with Crippen molar-refractivity contribution in [2.24, 2.45) is 0 Å². The Bertz CT molecular complexity index is 601. The number of carbonyl (C=O) groups excluding carboxylic acids is 1. The lowest BCUT2D eigenvalue weighted by molar-refractivity contribution is -0.121. The third-order valence-corrected chi connectivity index (χ3v) is 3.91. The van der Waals surface area contributed by atoms with E-state index < -0.39 is 0 Å². The molecule has 0 unspecified atom stereocenters. The second-order valence-electron chi connectivity index (χ2n) is 5.03. The average Bonchev–Trinajstić information content (AvgIpc) is 2.55. The number of nitrogens with one attached hydrogen (secondary N) is 1. The van der Waals surface area contributed by atoms with Crippen molar-refractivity contribution in [2.45, 2.75) is 19.9 Å². The smallest absolute Gasteiger partial charge is 0.222 e. The molecule has 116 valence electrons. The number of rotatable bonds is 7. The molecule has 0 spiro atoms. The molecule has 2 aromatic rings. The monoisotopic (exact) mass is 316 g/mol. The van der Waals surface area contributed by atoms with Gasteiger partial charge >= 0.3 is 0 Å². The van der Waals surface area contributed by atoms with Crippen molar-refractivity contribution in [1.82, 2.24) is 5.32 Å². The van der Waals surface area contributed by atoms with Gasteiger partial charge in [-0.1, -0.05) is 48.0 Å². The van der Waals surface area contributed by atoms with Crippen molar-refractivity contribution in [3.8, 4) is 0 Å². The molecule has 0 saturated carbocycles. The summed E-state index contributed by atoms with van der Waals surface area (Å²) in [7, 11) is 0. The van der Waals surface area contributed by atoms with Gasteiger partial charge in [-0.3, -0.25) is 4.79 Å². The summed E-state index contributed by atoms with van der Waals surface area (Å²) in [5, 5.41) is 3.60. The van der Waals surface area contributed by atoms with Gasteiger partial charge in [0.05, 0.1) is 0 Å². The van der Waals surface area contributed by atoms with E-state index in [0.717, 1.165) is 17.8 Å². The zero-order valence-electron chi connectivity index (χ0n) is 12.8. The second-order valence-corrected chi connectivity index (χ2v) is 5.44. The molecular weight excluding hydrogens is 296 g/mol. The highest BCUT2D eigenvalue weighted by atomic mass is 35.5. The number of carbonyl (C=O) groups is 1. The number of hydrogen-bond acceptors (Lipinski definition) is 2. The molecule has 0 aliphatic rings. The van der Waals surface area contributed by atoms with Crippen molar-refractivity contribution in [3.63, 3.8) is 0 Å². The molecule has 1 N–H and O–H groups in total. The van der Waals surface area contributed by atoms with Crippen LogP contribution in [-0.2, 0) is 11.3 Å². The van der Waals surface area contributed by atoms with E-state index in [1.807, 2.05) is 42.5 Å². The van der Waals surface area contributed by atoms with Crippen LogP contribution in [0.2, 0.25) is 5.02 Å². The van der Waals surface area contributed by atoms with Crippen LogP contribution < -0.4 is 10.2 Å². The van der Waals surface area contributed by atoms with Gasteiger partial charge in [-0.2, -0.15) is 0 Å². The topological polar surface area (TPSA) is 32.3 Å². The van der Waals surface area contributed by atoms with Crippen LogP contribution in [0.3, 0.4) is 0 Å². The van der Waals surface area contributed by atoms with E-state index >= 15 is 0 Å². The van der Waals surface area contributed by atoms with E-state index in [2.05, 4.69) is 29.3 Å². The number of para-hydroxylation sites is 1. The van der Waals surface area contributed by atoms with E-state index in [1.165, 1.54) is 0 Å². The lowest BCUT2D eigenvalue weighted by atomic mass is 10.2. The third kappa shape index (κ3) is 4.78. The van der Waals surface area contributed by atoms with Crippen molar-refractivity contribution in [2.75, 3.05) is 18.0 Å². The van der Waals surface area contributed by atoms with Crippen molar-refractivity contribution < 1.29 is 4.79 Å². The molecule has 0 radical (unpaired) electrons. The number of nitrogens with zero attached hydrogens (tertiary/aromatic N) is 1. The number of hydrogen-bond donors (Lipinski definition) is 1. The van der Waals surface area contributed by atoms with Crippen molar-refractivity contribution in [1.29, 1.82) is 0 Å². The number of halogens is 1. The minimum Gasteiger partial charge on any atom is -0.371 e. The van der Waals surface area contributed by atoms with Gasteiger partial charge in [0, 0.05) is 36.8 Å². The van der Waals surface area contributed by atoms with Gasteiger partial charge in [-0.25, -0.2) is 0 Å². The van der Waals surface area contributed by atoms with Crippen molar-refractivity contribution in [3.05, 3.63) is 65.2 Å². The van der Waals surface area contributed by atoms with Crippen LogP contribution in [0.4, 0.5) is 5.69 Å². The largest absolute Gasteiger partial charge is 0.371 e. The normalized spacial score (nSPS) is 10.3. The zero-order valence-corrected chi connectivity index (χ0v) is 13.5. The number of benzene rings is 2. The highest BCUT2D eigenvalue weighted by Gasteiger charge is 2.08. The first-order chi connectivity index (χ1) is 10.7. The van der Waals surface area contributed by atoms with Crippen LogP contribution >= 0.6 is 11.6 Å². The molecule has 22 heavy (non-hydrogen) atoms. The molecule has 0 aliphatic heterocycles. The molecule has 0 fully saturated rings. The van der Waals surface area contributed by atoms with E-state index in [1.54, 1.807) is 0 Å². The Morgan fingerprint density at radius 3 is 2.45 bits per heavy atom. The molecule has 0 heterocycles. The first-order valence-corrected chi connectivity index (χ1v) is 7.88. The van der Waals surface area contributed by atoms with E-state index in [9.17, 15) is 4.79 Å². The Hall–Kier alpha value is -2.00. The Morgan fingerprint density at radius 1 is 1.09 bits per heavy atom. The second kappa shape index (κ2) is 8.44. The van der Waals surface area contributed by atoms with E-state index in [-0.39, 0.29) is 5.91 Å². The lowest BCUT2D eigenvalue weighted by Gasteiger charge is -2.22. The van der Waals surface area contributed by atoms with Crippen LogP contribution in [0.1, 0.15) is 18.9 Å². The highest BCUT2D eigenvalue weighted by Crippen LogP contribution is 2.15. The zero-order chi connectivity index (χ0) is 15.8. The maximum absolute atomic E-state index is 12.0. The highest BCUT2D eigenvalue weighted by molar-refractivity contribution is 6.31. The van der Waals surface area contributed by atoms with Crippen LogP contribution in [0.25, 0.3) is 0 Å². The maximum atomic E-state index is 12.0. The summed E-state index contributed by atoms with van der Waals surface area (Å²) in [6, 6.07) is 17.7. The fourth-order valence-electron chi connectivity index (χ4n) is 2.27. The molecule has 0 bridgehead atoms. The predicted molar refractivity (Wildman–Crippen MR) is 92.2 cm³/mol. The van der Waals surface area contributed by atoms with Gasteiger partial charge in [0.2, 0.25) is 5.91 Å². The third-order valence-electron chi connectivity index (χ3n) is 3.55. The van der Waals surface area contributed by atoms with E-state index in [0.29, 0.717) is 24.5 Å². The summed E-state index contributed by atoms with van der Waals surface area (Å²) in [6.45, 7) is 4.14. The first-order valence-electron chi connectivity index (χ1n) is 7.50. The molecule has 4 heteroatoms. The molecule has 3 nitrogen and oxygen atoms in total. The lowest BCUT2D eigenvalue weighted by Crippen LogP contribution is -2.30. The van der Waals surface area contributed by atoms with Gasteiger partial charge in [0.25, 0.3) is 0 Å². The number of anilines is 1. The molecular formula is C18H21ClN2O. The van der Waals surface area contributed by atoms with E-state index in [4.69, 9.17) is 11.6 Å². The molecule has 2 rings (SSSR count). The first kappa shape index (κ1) is 16.4. The Labute approximate surface area is 136 Å². The molecule has 0 saturated heterocycles. The summed E-state index contributed by atoms with van der Waals surface area (Å²) < 4.78 is 0. The predicted octanol–water partition coefficient (Wildman–Crippen LogP) is 3.87. The fourth-order valence-corrected chi connectivity index (χ4v) is 2.47. The van der Waals surface area contributed by atoms with Crippen LogP contribution in [0.5, 0.6) is 0 Å². The van der Waals surface area contributed by atoms with Crippen LogP contribution in [0, 0.1) is 0 Å². The molecule has 2 aromatic carbocycles. The van der Waals surface area contributed by atoms with Gasteiger partial charge < -0.3 is 10.2 Å². The Kier molecular flexibility index (Phi) is 6.28. The molecule has 0 aliphatic carbocycles. The van der Waals surface area contributed by atoms with Gasteiger partial charge in [0.1, 0.15) is 0 Å². The van der Waals surface area contributed by atoms with Gasteiger partial charge in [0.15, 0.2) is 0 Å². The summed E-state index contributed by atoms with van der Waals surface area (Å²) >= 11 is 6.08. The quantitative estimate of drug-likeness (QED) is 0.841. The molecule has 0 aromatic heterocycles. The fraction of sp³-hybridized carbons (Fsp3) is 0.278. The molecule has 0 atom stereocenters. The minimum absolute atomic E-state index is 0.0364. The van der Waals surface area contributed by atoms with Crippen LogP contribution in [-0.4, -0.2) is 19.0 Å². The van der Waals surface area contributed by atoms with Gasteiger partial charge in [-0.05, 0) is 30.7 Å². The van der Waals surface area contributed by atoms with Crippen LogP contribution in [0.15, 0.2) is 54.6 Å². The molecule has 1 amide bonds. The Morgan fingerprint density at radius 2 is 1.77 bits per heavy atom. The Balaban J connectivity index is 1.81. The minimum atomic E-state index is 0.0364. The summed E-state index contributed by atoms with van der Waals surface area (Å²) in [5.74, 6) is 0.0364.